The van der Waals surface area contributed by atoms with Crippen LogP contribution in [0.25, 0.3) is 0 Å². The molecule has 0 aliphatic rings. The standard InChI is InChI=1S/C17H16Cl2N2O3/c1-10(14-7-4-12(18)8-15(14)19)21-16(22)9-24-13-5-2-11(3-6-13)17(20)23/h2-8,10H,9H2,1H3,(H2,20,23)(H,21,22). The van der Waals surface area contributed by atoms with Crippen LogP contribution in [-0.4, -0.2) is 18.4 Å². The van der Waals surface area contributed by atoms with Gasteiger partial charge in [-0.1, -0.05) is 29.3 Å². The first kappa shape index (κ1) is 18.1. The second kappa shape index (κ2) is 8.04. The van der Waals surface area contributed by atoms with Gasteiger partial charge in [0.15, 0.2) is 6.61 Å². The summed E-state index contributed by atoms with van der Waals surface area (Å²) in [5.74, 6) is -0.354. The van der Waals surface area contributed by atoms with Gasteiger partial charge >= 0.3 is 0 Å². The van der Waals surface area contributed by atoms with Gasteiger partial charge < -0.3 is 15.8 Å². The number of halogens is 2. The largest absolute Gasteiger partial charge is 0.484 e. The fourth-order valence-electron chi connectivity index (χ4n) is 2.08. The lowest BCUT2D eigenvalue weighted by Gasteiger charge is -2.16. The zero-order valence-corrected chi connectivity index (χ0v) is 14.4. The Bertz CT molecular complexity index is 748. The highest BCUT2D eigenvalue weighted by Gasteiger charge is 2.13. The number of carbonyl (C=O) groups is 2. The number of benzene rings is 2. The van der Waals surface area contributed by atoms with E-state index in [0.717, 1.165) is 5.56 Å². The Morgan fingerprint density at radius 2 is 1.83 bits per heavy atom. The van der Waals surface area contributed by atoms with E-state index >= 15 is 0 Å². The Labute approximate surface area is 149 Å². The van der Waals surface area contributed by atoms with Crippen molar-refractivity contribution in [3.8, 4) is 5.75 Å². The van der Waals surface area contributed by atoms with Crippen LogP contribution in [-0.2, 0) is 4.79 Å². The molecule has 2 rings (SSSR count). The predicted molar refractivity (Wildman–Crippen MR) is 93.5 cm³/mol. The van der Waals surface area contributed by atoms with Gasteiger partial charge in [0.2, 0.25) is 5.91 Å². The molecule has 2 amide bonds. The Morgan fingerprint density at radius 1 is 1.17 bits per heavy atom. The zero-order chi connectivity index (χ0) is 17.7. The summed E-state index contributed by atoms with van der Waals surface area (Å²) in [5, 5.41) is 3.81. The van der Waals surface area contributed by atoms with Crippen LogP contribution in [0.5, 0.6) is 5.75 Å². The number of hydrogen-bond acceptors (Lipinski definition) is 3. The van der Waals surface area contributed by atoms with Crippen LogP contribution in [0.4, 0.5) is 0 Å². The van der Waals surface area contributed by atoms with E-state index < -0.39 is 5.91 Å². The molecule has 1 atom stereocenters. The van der Waals surface area contributed by atoms with E-state index in [1.807, 2.05) is 6.92 Å². The van der Waals surface area contributed by atoms with Crippen molar-refractivity contribution in [3.05, 3.63) is 63.6 Å². The van der Waals surface area contributed by atoms with Crippen molar-refractivity contribution in [2.24, 2.45) is 5.73 Å². The molecule has 0 aromatic heterocycles. The van der Waals surface area contributed by atoms with Gasteiger partial charge in [0.25, 0.3) is 5.91 Å². The van der Waals surface area contributed by atoms with Gasteiger partial charge in [-0.3, -0.25) is 9.59 Å². The quantitative estimate of drug-likeness (QED) is 0.822. The molecular weight excluding hydrogens is 351 g/mol. The molecule has 7 heteroatoms. The molecule has 126 valence electrons. The lowest BCUT2D eigenvalue weighted by Crippen LogP contribution is -2.31. The third-order valence-corrected chi connectivity index (χ3v) is 3.88. The van der Waals surface area contributed by atoms with Gasteiger partial charge in [0.1, 0.15) is 5.75 Å². The summed E-state index contributed by atoms with van der Waals surface area (Å²) >= 11 is 12.0. The summed E-state index contributed by atoms with van der Waals surface area (Å²) in [7, 11) is 0. The maximum Gasteiger partial charge on any atom is 0.258 e. The van der Waals surface area contributed by atoms with E-state index in [4.69, 9.17) is 33.7 Å². The molecule has 2 aromatic rings. The van der Waals surface area contributed by atoms with Gasteiger partial charge in [-0.2, -0.15) is 0 Å². The second-order valence-electron chi connectivity index (χ2n) is 5.13. The molecule has 0 heterocycles. The highest BCUT2D eigenvalue weighted by Crippen LogP contribution is 2.26. The van der Waals surface area contributed by atoms with Crippen molar-refractivity contribution < 1.29 is 14.3 Å². The number of rotatable bonds is 6. The van der Waals surface area contributed by atoms with Crippen molar-refractivity contribution in [2.75, 3.05) is 6.61 Å². The monoisotopic (exact) mass is 366 g/mol. The third kappa shape index (κ3) is 4.88. The average molecular weight is 367 g/mol. The fourth-order valence-corrected chi connectivity index (χ4v) is 2.65. The van der Waals surface area contributed by atoms with Crippen molar-refractivity contribution in [3.63, 3.8) is 0 Å². The van der Waals surface area contributed by atoms with E-state index in [2.05, 4.69) is 5.32 Å². The first-order valence-corrected chi connectivity index (χ1v) is 7.89. The van der Waals surface area contributed by atoms with Crippen LogP contribution >= 0.6 is 23.2 Å². The molecule has 0 radical (unpaired) electrons. The van der Waals surface area contributed by atoms with Crippen LogP contribution < -0.4 is 15.8 Å². The number of nitrogens with two attached hydrogens (primary N) is 1. The van der Waals surface area contributed by atoms with E-state index in [-0.39, 0.29) is 18.6 Å². The minimum atomic E-state index is -0.520. The van der Waals surface area contributed by atoms with Crippen LogP contribution in [0.2, 0.25) is 10.0 Å². The smallest absolute Gasteiger partial charge is 0.258 e. The van der Waals surface area contributed by atoms with Crippen molar-refractivity contribution in [1.82, 2.24) is 5.32 Å². The Morgan fingerprint density at radius 3 is 2.42 bits per heavy atom. The second-order valence-corrected chi connectivity index (χ2v) is 5.98. The SMILES string of the molecule is CC(NC(=O)COc1ccc(C(N)=O)cc1)c1ccc(Cl)cc1Cl. The summed E-state index contributed by atoms with van der Waals surface area (Å²) < 4.78 is 5.37. The van der Waals surface area contributed by atoms with Crippen molar-refractivity contribution >= 4 is 35.0 Å². The Hall–Kier alpha value is -2.24. The predicted octanol–water partition coefficient (Wildman–Crippen LogP) is 3.35. The van der Waals surface area contributed by atoms with Gasteiger partial charge in [0.05, 0.1) is 6.04 Å². The molecule has 0 aliphatic carbocycles. The summed E-state index contributed by atoms with van der Waals surface area (Å²) in [6.45, 7) is 1.65. The van der Waals surface area contributed by atoms with E-state index in [9.17, 15) is 9.59 Å². The number of hydrogen-bond donors (Lipinski definition) is 2. The number of nitrogens with one attached hydrogen (secondary N) is 1. The normalized spacial score (nSPS) is 11.6. The molecule has 24 heavy (non-hydrogen) atoms. The summed E-state index contributed by atoms with van der Waals surface area (Å²) in [6, 6.07) is 11.0. The molecule has 0 saturated heterocycles. The van der Waals surface area contributed by atoms with Gasteiger partial charge in [0, 0.05) is 15.6 Å². The van der Waals surface area contributed by atoms with Crippen LogP contribution in [0.3, 0.4) is 0 Å². The highest BCUT2D eigenvalue weighted by atomic mass is 35.5. The lowest BCUT2D eigenvalue weighted by molar-refractivity contribution is -0.123. The summed E-state index contributed by atoms with van der Waals surface area (Å²) in [6.07, 6.45) is 0. The molecule has 2 aromatic carbocycles. The van der Waals surface area contributed by atoms with Crippen LogP contribution in [0.15, 0.2) is 42.5 Å². The first-order chi connectivity index (χ1) is 11.4. The molecule has 0 spiro atoms. The van der Waals surface area contributed by atoms with Gasteiger partial charge in [-0.15, -0.1) is 0 Å². The number of carbonyl (C=O) groups excluding carboxylic acids is 2. The van der Waals surface area contributed by atoms with Crippen LogP contribution in [0, 0.1) is 0 Å². The number of primary amides is 1. The van der Waals surface area contributed by atoms with Gasteiger partial charge in [-0.05, 0) is 48.9 Å². The number of amides is 2. The number of ether oxygens (including phenoxy) is 1. The van der Waals surface area contributed by atoms with E-state index in [1.54, 1.807) is 30.3 Å². The minimum Gasteiger partial charge on any atom is -0.484 e. The third-order valence-electron chi connectivity index (χ3n) is 3.32. The molecule has 0 aliphatic heterocycles. The zero-order valence-electron chi connectivity index (χ0n) is 12.9. The maximum absolute atomic E-state index is 12.0. The molecule has 0 saturated carbocycles. The minimum absolute atomic E-state index is 0.161. The molecule has 5 nitrogen and oxygen atoms in total. The Kier molecular flexibility index (Phi) is 6.06. The maximum atomic E-state index is 12.0. The van der Waals surface area contributed by atoms with Crippen LogP contribution in [0.1, 0.15) is 28.9 Å². The van der Waals surface area contributed by atoms with E-state index in [1.165, 1.54) is 12.1 Å². The first-order valence-electron chi connectivity index (χ1n) is 7.14. The van der Waals surface area contributed by atoms with Crippen molar-refractivity contribution in [2.45, 2.75) is 13.0 Å². The summed E-state index contributed by atoms with van der Waals surface area (Å²) in [4.78, 5) is 23.0. The molecule has 0 fully saturated rings. The Balaban J connectivity index is 1.89. The summed E-state index contributed by atoms with van der Waals surface area (Å²) in [5.41, 5.74) is 6.29. The van der Waals surface area contributed by atoms with Gasteiger partial charge in [-0.25, -0.2) is 0 Å². The topological polar surface area (TPSA) is 81.4 Å². The average Bonchev–Trinajstić information content (AvgIpc) is 2.53. The molecule has 0 bridgehead atoms. The van der Waals surface area contributed by atoms with Crippen molar-refractivity contribution in [1.29, 1.82) is 0 Å². The lowest BCUT2D eigenvalue weighted by atomic mass is 10.1. The fraction of sp³-hybridized carbons (Fsp3) is 0.176. The molecule has 3 N–H and O–H groups in total. The molecular formula is C17H16Cl2N2O3. The molecule has 1 unspecified atom stereocenters. The van der Waals surface area contributed by atoms with E-state index in [0.29, 0.717) is 21.4 Å². The highest BCUT2D eigenvalue weighted by molar-refractivity contribution is 6.35.